The van der Waals surface area contributed by atoms with Crippen molar-refractivity contribution in [3.63, 3.8) is 0 Å². The first-order chi connectivity index (χ1) is 8.40. The van der Waals surface area contributed by atoms with Crippen LogP contribution >= 0.6 is 34.8 Å². The van der Waals surface area contributed by atoms with Crippen molar-refractivity contribution in [3.05, 3.63) is 28.2 Å². The first-order valence-corrected chi connectivity index (χ1v) is 8.16. The highest BCUT2D eigenvalue weighted by atomic mass is 35.5. The predicted octanol–water partition coefficient (Wildman–Crippen LogP) is 3.29. The molecule has 0 spiro atoms. The lowest BCUT2D eigenvalue weighted by Crippen LogP contribution is -2.30. The number of hydrogen-bond donors (Lipinski definition) is 1. The van der Waals surface area contributed by atoms with E-state index in [0.717, 1.165) is 12.8 Å². The summed E-state index contributed by atoms with van der Waals surface area (Å²) in [6, 6.07) is 4.20. The Morgan fingerprint density at radius 2 is 1.94 bits per heavy atom. The zero-order valence-corrected chi connectivity index (χ0v) is 12.5. The Bertz CT molecular complexity index is 543. The van der Waals surface area contributed by atoms with E-state index in [1.54, 1.807) is 0 Å². The van der Waals surface area contributed by atoms with Crippen molar-refractivity contribution >= 4 is 44.8 Å². The fourth-order valence-electron chi connectivity index (χ4n) is 1.54. The van der Waals surface area contributed by atoms with Crippen LogP contribution in [0.25, 0.3) is 0 Å². The van der Waals surface area contributed by atoms with Gasteiger partial charge in [0.2, 0.25) is 10.0 Å². The fraction of sp³-hybridized carbons (Fsp3) is 0.455. The molecule has 0 bridgehead atoms. The quantitative estimate of drug-likeness (QED) is 0.843. The molecule has 100 valence electrons. The highest BCUT2D eigenvalue weighted by molar-refractivity contribution is 7.89. The number of nitrogens with one attached hydrogen (secondary N) is 1. The molecule has 0 aromatic heterocycles. The van der Waals surface area contributed by atoms with Gasteiger partial charge in [-0.05, 0) is 37.0 Å². The summed E-state index contributed by atoms with van der Waals surface area (Å²) in [6.45, 7) is 0.231. The van der Waals surface area contributed by atoms with Crippen LogP contribution in [0.5, 0.6) is 0 Å². The average Bonchev–Trinajstić information content (AvgIpc) is 3.13. The molecule has 0 radical (unpaired) electrons. The third kappa shape index (κ3) is 3.52. The first-order valence-electron chi connectivity index (χ1n) is 5.49. The van der Waals surface area contributed by atoms with E-state index in [2.05, 4.69) is 4.72 Å². The summed E-state index contributed by atoms with van der Waals surface area (Å²) in [5.74, 6) is 0.433. The van der Waals surface area contributed by atoms with Crippen LogP contribution in [0.2, 0.25) is 10.0 Å². The lowest BCUT2D eigenvalue weighted by atomic mass is 10.3. The van der Waals surface area contributed by atoms with Gasteiger partial charge in [0.1, 0.15) is 0 Å². The molecule has 0 aliphatic heterocycles. The number of hydrogen-bond acceptors (Lipinski definition) is 2. The van der Waals surface area contributed by atoms with Gasteiger partial charge >= 0.3 is 0 Å². The van der Waals surface area contributed by atoms with Crippen molar-refractivity contribution < 1.29 is 8.42 Å². The zero-order valence-electron chi connectivity index (χ0n) is 9.37. The van der Waals surface area contributed by atoms with E-state index in [0.29, 0.717) is 10.9 Å². The Morgan fingerprint density at radius 1 is 1.28 bits per heavy atom. The van der Waals surface area contributed by atoms with Crippen LogP contribution in [0.15, 0.2) is 23.1 Å². The second kappa shape index (κ2) is 5.55. The molecular formula is C11H12Cl3NO2S. The van der Waals surface area contributed by atoms with E-state index in [1.807, 2.05) is 0 Å². The molecule has 1 atom stereocenters. The van der Waals surface area contributed by atoms with Gasteiger partial charge in [0.05, 0.1) is 14.9 Å². The third-order valence-corrected chi connectivity index (χ3v) is 5.47. The SMILES string of the molecule is O=S(=O)(NCC(Cl)C1CC1)c1ccc(Cl)c(Cl)c1. The van der Waals surface area contributed by atoms with E-state index in [9.17, 15) is 8.42 Å². The van der Waals surface area contributed by atoms with E-state index < -0.39 is 10.0 Å². The molecule has 0 saturated heterocycles. The first kappa shape index (κ1) is 14.4. The van der Waals surface area contributed by atoms with Crippen LogP contribution in [0.3, 0.4) is 0 Å². The number of benzene rings is 1. The minimum atomic E-state index is -3.58. The maximum absolute atomic E-state index is 12.0. The second-order valence-electron chi connectivity index (χ2n) is 4.28. The molecule has 1 aromatic rings. The molecule has 7 heteroatoms. The molecule has 1 aromatic carbocycles. The molecule has 2 rings (SSSR count). The van der Waals surface area contributed by atoms with E-state index >= 15 is 0 Å². The van der Waals surface area contributed by atoms with Gasteiger partial charge < -0.3 is 0 Å². The summed E-state index contributed by atoms with van der Waals surface area (Å²) in [6.07, 6.45) is 2.14. The van der Waals surface area contributed by atoms with E-state index in [4.69, 9.17) is 34.8 Å². The summed E-state index contributed by atoms with van der Waals surface area (Å²) >= 11 is 17.6. The van der Waals surface area contributed by atoms with Gasteiger partial charge in [-0.2, -0.15) is 0 Å². The average molecular weight is 329 g/mol. The van der Waals surface area contributed by atoms with Crippen LogP contribution in [0.4, 0.5) is 0 Å². The molecule has 1 unspecified atom stereocenters. The smallest absolute Gasteiger partial charge is 0.210 e. The number of halogens is 3. The topological polar surface area (TPSA) is 46.2 Å². The van der Waals surface area contributed by atoms with Crippen LogP contribution < -0.4 is 4.72 Å². The highest BCUT2D eigenvalue weighted by Gasteiger charge is 2.30. The van der Waals surface area contributed by atoms with E-state index in [1.165, 1.54) is 18.2 Å². The summed E-state index contributed by atoms with van der Waals surface area (Å²) in [4.78, 5) is 0.0940. The molecular weight excluding hydrogens is 317 g/mol. The number of rotatable bonds is 5. The minimum absolute atomic E-state index is 0.0940. The van der Waals surface area contributed by atoms with Gasteiger partial charge in [-0.1, -0.05) is 23.2 Å². The van der Waals surface area contributed by atoms with Crippen LogP contribution in [-0.2, 0) is 10.0 Å². The molecule has 3 nitrogen and oxygen atoms in total. The molecule has 1 fully saturated rings. The number of alkyl halides is 1. The maximum atomic E-state index is 12.0. The van der Waals surface area contributed by atoms with Crippen LogP contribution in [0, 0.1) is 5.92 Å². The standard InChI is InChI=1S/C11H12Cl3NO2S/c12-9-4-3-8(5-10(9)13)18(16,17)15-6-11(14)7-1-2-7/h3-5,7,11,15H,1-2,6H2. The lowest BCUT2D eigenvalue weighted by molar-refractivity contribution is 0.576. The molecule has 18 heavy (non-hydrogen) atoms. The fourth-order valence-corrected chi connectivity index (χ4v) is 3.41. The largest absolute Gasteiger partial charge is 0.240 e. The van der Waals surface area contributed by atoms with E-state index in [-0.39, 0.29) is 21.8 Å². The van der Waals surface area contributed by atoms with Gasteiger partial charge in [0.15, 0.2) is 0 Å². The number of sulfonamides is 1. The molecule has 1 N–H and O–H groups in total. The zero-order chi connectivity index (χ0) is 13.3. The van der Waals surface area contributed by atoms with Crippen molar-refractivity contribution in [3.8, 4) is 0 Å². The van der Waals surface area contributed by atoms with Gasteiger partial charge in [0.25, 0.3) is 0 Å². The lowest BCUT2D eigenvalue weighted by Gasteiger charge is -2.10. The van der Waals surface area contributed by atoms with Crippen molar-refractivity contribution in [2.45, 2.75) is 23.1 Å². The molecule has 1 aliphatic rings. The molecule has 0 heterocycles. The Kier molecular flexibility index (Phi) is 4.44. The third-order valence-electron chi connectivity index (χ3n) is 2.80. The molecule has 0 amide bonds. The summed E-state index contributed by atoms with van der Waals surface area (Å²) < 4.78 is 26.4. The second-order valence-corrected chi connectivity index (χ2v) is 7.42. The van der Waals surface area contributed by atoms with Crippen LogP contribution in [-0.4, -0.2) is 20.3 Å². The van der Waals surface area contributed by atoms with Gasteiger partial charge in [-0.15, -0.1) is 11.6 Å². The van der Waals surface area contributed by atoms with Gasteiger partial charge in [-0.3, -0.25) is 0 Å². The summed E-state index contributed by atoms with van der Waals surface area (Å²) in [5.41, 5.74) is 0. The molecule has 1 saturated carbocycles. The van der Waals surface area contributed by atoms with Gasteiger partial charge in [0, 0.05) is 11.9 Å². The maximum Gasteiger partial charge on any atom is 0.240 e. The van der Waals surface area contributed by atoms with Gasteiger partial charge in [-0.25, -0.2) is 13.1 Å². The predicted molar refractivity (Wildman–Crippen MR) is 74.0 cm³/mol. The normalized spacial score (nSPS) is 17.7. The van der Waals surface area contributed by atoms with Crippen molar-refractivity contribution in [1.29, 1.82) is 0 Å². The highest BCUT2D eigenvalue weighted by Crippen LogP contribution is 2.35. The monoisotopic (exact) mass is 327 g/mol. The molecule has 1 aliphatic carbocycles. The summed E-state index contributed by atoms with van der Waals surface area (Å²) in [7, 11) is -3.58. The van der Waals surface area contributed by atoms with Crippen molar-refractivity contribution in [2.75, 3.05) is 6.54 Å². The Hall–Kier alpha value is -0.000000000000000111. The Labute approximate surface area is 121 Å². The Balaban J connectivity index is 2.07. The summed E-state index contributed by atoms with van der Waals surface area (Å²) in [5, 5.41) is 0.385. The Morgan fingerprint density at radius 3 is 2.50 bits per heavy atom. The van der Waals surface area contributed by atoms with Crippen LogP contribution in [0.1, 0.15) is 12.8 Å². The van der Waals surface area contributed by atoms with Crippen molar-refractivity contribution in [2.24, 2.45) is 5.92 Å². The van der Waals surface area contributed by atoms with Crippen molar-refractivity contribution in [1.82, 2.24) is 4.72 Å². The minimum Gasteiger partial charge on any atom is -0.210 e.